The number of hydrogen-bond acceptors (Lipinski definition) is 5. The van der Waals surface area contributed by atoms with Gasteiger partial charge in [0.15, 0.2) is 0 Å². The van der Waals surface area contributed by atoms with Crippen molar-refractivity contribution in [2.75, 3.05) is 32.6 Å². The molecule has 1 saturated heterocycles. The van der Waals surface area contributed by atoms with E-state index in [2.05, 4.69) is 10.2 Å². The Kier molecular flexibility index (Phi) is 5.02. The molecule has 1 unspecified atom stereocenters. The molecule has 1 atom stereocenters. The molecule has 23 heavy (non-hydrogen) atoms. The largest absolute Gasteiger partial charge is 0.465 e. The summed E-state index contributed by atoms with van der Waals surface area (Å²) in [6.07, 6.45) is 6.09. The lowest BCUT2D eigenvalue weighted by Gasteiger charge is -2.28. The second-order valence-corrected chi connectivity index (χ2v) is 7.60. The molecular formula is C17H24N2O3S. The van der Waals surface area contributed by atoms with E-state index in [9.17, 15) is 9.59 Å². The third-order valence-electron chi connectivity index (χ3n) is 4.79. The molecule has 1 aliphatic heterocycles. The normalized spacial score (nSPS) is 21.6. The number of ether oxygens (including phenoxy) is 1. The molecule has 0 aromatic carbocycles. The van der Waals surface area contributed by atoms with Crippen molar-refractivity contribution in [3.05, 3.63) is 16.0 Å². The van der Waals surface area contributed by atoms with Crippen LogP contribution in [0.1, 0.15) is 46.5 Å². The number of nitrogens with one attached hydrogen (secondary N) is 1. The van der Waals surface area contributed by atoms with Crippen LogP contribution >= 0.6 is 11.3 Å². The van der Waals surface area contributed by atoms with Gasteiger partial charge in [-0.2, -0.15) is 0 Å². The summed E-state index contributed by atoms with van der Waals surface area (Å²) in [5.41, 5.74) is 1.67. The zero-order chi connectivity index (χ0) is 16.4. The van der Waals surface area contributed by atoms with Gasteiger partial charge in [0.1, 0.15) is 5.00 Å². The van der Waals surface area contributed by atoms with Crippen molar-refractivity contribution < 1.29 is 14.3 Å². The summed E-state index contributed by atoms with van der Waals surface area (Å²) in [5.74, 6) is -0.306. The SMILES string of the molecule is COC(=O)c1c(NC(=O)C2CCCN(C)C2)sc2c1CCCC2. The molecule has 1 N–H and O–H groups in total. The summed E-state index contributed by atoms with van der Waals surface area (Å²) < 4.78 is 4.95. The maximum atomic E-state index is 12.6. The summed E-state index contributed by atoms with van der Waals surface area (Å²) in [4.78, 5) is 28.2. The third-order valence-corrected chi connectivity index (χ3v) is 6.00. The van der Waals surface area contributed by atoms with Crippen molar-refractivity contribution in [2.24, 2.45) is 5.92 Å². The van der Waals surface area contributed by atoms with Crippen molar-refractivity contribution in [3.8, 4) is 0 Å². The minimum absolute atomic E-state index is 0.00150. The van der Waals surface area contributed by atoms with Crippen molar-refractivity contribution in [3.63, 3.8) is 0 Å². The highest BCUT2D eigenvalue weighted by molar-refractivity contribution is 7.17. The van der Waals surface area contributed by atoms with Crippen LogP contribution in [0.4, 0.5) is 5.00 Å². The summed E-state index contributed by atoms with van der Waals surface area (Å²) >= 11 is 1.55. The Morgan fingerprint density at radius 1 is 1.26 bits per heavy atom. The average molecular weight is 336 g/mol. The van der Waals surface area contributed by atoms with E-state index in [1.54, 1.807) is 11.3 Å². The summed E-state index contributed by atoms with van der Waals surface area (Å²) in [7, 11) is 3.44. The summed E-state index contributed by atoms with van der Waals surface area (Å²) in [5, 5.41) is 3.71. The Balaban J connectivity index is 1.83. The van der Waals surface area contributed by atoms with E-state index < -0.39 is 0 Å². The molecule has 0 bridgehead atoms. The molecule has 0 radical (unpaired) electrons. The number of aryl methyl sites for hydroxylation is 1. The smallest absolute Gasteiger partial charge is 0.341 e. The Labute approximate surface area is 141 Å². The van der Waals surface area contributed by atoms with Gasteiger partial charge in [-0.1, -0.05) is 0 Å². The maximum absolute atomic E-state index is 12.6. The second-order valence-electron chi connectivity index (χ2n) is 6.50. The van der Waals surface area contributed by atoms with Gasteiger partial charge < -0.3 is 15.0 Å². The lowest BCUT2D eigenvalue weighted by molar-refractivity contribution is -0.121. The molecule has 1 aromatic heterocycles. The zero-order valence-corrected chi connectivity index (χ0v) is 14.6. The first-order chi connectivity index (χ1) is 11.1. The van der Waals surface area contributed by atoms with E-state index in [0.717, 1.165) is 57.2 Å². The molecule has 2 heterocycles. The molecule has 1 fully saturated rings. The standard InChI is InChI=1S/C17H24N2O3S/c1-19-9-5-6-11(10-19)15(20)18-16-14(17(21)22-2)12-7-3-4-8-13(12)23-16/h11H,3-10H2,1-2H3,(H,18,20). The van der Waals surface area contributed by atoms with E-state index in [0.29, 0.717) is 10.6 Å². The molecule has 1 amide bonds. The Morgan fingerprint density at radius 3 is 2.78 bits per heavy atom. The van der Waals surface area contributed by atoms with Crippen LogP contribution in [0.5, 0.6) is 0 Å². The molecule has 1 aromatic rings. The van der Waals surface area contributed by atoms with Gasteiger partial charge in [0, 0.05) is 11.4 Å². The van der Waals surface area contributed by atoms with E-state index in [1.165, 1.54) is 12.0 Å². The number of thiophene rings is 1. The summed E-state index contributed by atoms with van der Waals surface area (Å²) in [6.45, 7) is 1.83. The molecule has 5 nitrogen and oxygen atoms in total. The second kappa shape index (κ2) is 7.01. The zero-order valence-electron chi connectivity index (χ0n) is 13.8. The van der Waals surface area contributed by atoms with Crippen molar-refractivity contribution >= 4 is 28.2 Å². The lowest BCUT2D eigenvalue weighted by Crippen LogP contribution is -2.38. The van der Waals surface area contributed by atoms with Crippen LogP contribution < -0.4 is 5.32 Å². The lowest BCUT2D eigenvalue weighted by atomic mass is 9.95. The van der Waals surface area contributed by atoms with Crippen molar-refractivity contribution in [2.45, 2.75) is 38.5 Å². The van der Waals surface area contributed by atoms with Gasteiger partial charge >= 0.3 is 5.97 Å². The van der Waals surface area contributed by atoms with Gasteiger partial charge in [-0.15, -0.1) is 11.3 Å². The number of methoxy groups -OCH3 is 1. The number of hydrogen-bond donors (Lipinski definition) is 1. The molecular weight excluding hydrogens is 312 g/mol. The number of nitrogens with zero attached hydrogens (tertiary/aromatic N) is 1. The van der Waals surface area contributed by atoms with Crippen LogP contribution in [-0.2, 0) is 22.4 Å². The number of likely N-dealkylation sites (tertiary alicyclic amines) is 1. The van der Waals surface area contributed by atoms with E-state index in [1.807, 2.05) is 7.05 Å². The van der Waals surface area contributed by atoms with Gasteiger partial charge in [0.05, 0.1) is 18.6 Å². The number of piperidine rings is 1. The number of esters is 1. The Morgan fingerprint density at radius 2 is 2.04 bits per heavy atom. The van der Waals surface area contributed by atoms with Gasteiger partial charge in [-0.25, -0.2) is 4.79 Å². The molecule has 126 valence electrons. The van der Waals surface area contributed by atoms with Crippen LogP contribution in [0.15, 0.2) is 0 Å². The van der Waals surface area contributed by atoms with Crippen molar-refractivity contribution in [1.82, 2.24) is 4.90 Å². The summed E-state index contributed by atoms with van der Waals surface area (Å²) in [6, 6.07) is 0. The average Bonchev–Trinajstić information content (AvgIpc) is 2.92. The van der Waals surface area contributed by atoms with Gasteiger partial charge in [0.2, 0.25) is 5.91 Å². The minimum Gasteiger partial charge on any atom is -0.465 e. The molecule has 3 rings (SSSR count). The molecule has 6 heteroatoms. The molecule has 0 saturated carbocycles. The van der Waals surface area contributed by atoms with E-state index in [-0.39, 0.29) is 17.8 Å². The van der Waals surface area contributed by atoms with Crippen LogP contribution in [-0.4, -0.2) is 44.0 Å². The predicted octanol–water partition coefficient (Wildman–Crippen LogP) is 2.69. The van der Waals surface area contributed by atoms with Crippen LogP contribution in [0, 0.1) is 5.92 Å². The monoisotopic (exact) mass is 336 g/mol. The topological polar surface area (TPSA) is 58.6 Å². The van der Waals surface area contributed by atoms with Crippen LogP contribution in [0.25, 0.3) is 0 Å². The Hall–Kier alpha value is -1.40. The minimum atomic E-state index is -0.333. The van der Waals surface area contributed by atoms with Crippen LogP contribution in [0.2, 0.25) is 0 Å². The maximum Gasteiger partial charge on any atom is 0.341 e. The molecule has 1 aliphatic carbocycles. The first-order valence-corrected chi connectivity index (χ1v) is 9.14. The van der Waals surface area contributed by atoms with Gasteiger partial charge in [-0.3, -0.25) is 4.79 Å². The van der Waals surface area contributed by atoms with E-state index >= 15 is 0 Å². The fourth-order valence-corrected chi connectivity index (χ4v) is 4.85. The number of carbonyl (C=O) groups excluding carboxylic acids is 2. The van der Waals surface area contributed by atoms with Gasteiger partial charge in [-0.05, 0) is 57.7 Å². The predicted molar refractivity (Wildman–Crippen MR) is 91.2 cm³/mol. The Bertz CT molecular complexity index is 611. The quantitative estimate of drug-likeness (QED) is 0.862. The molecule has 0 spiro atoms. The van der Waals surface area contributed by atoms with Crippen LogP contribution in [0.3, 0.4) is 0 Å². The van der Waals surface area contributed by atoms with Gasteiger partial charge in [0.25, 0.3) is 0 Å². The highest BCUT2D eigenvalue weighted by Crippen LogP contribution is 2.38. The number of carbonyl (C=O) groups is 2. The number of amides is 1. The fraction of sp³-hybridized carbons (Fsp3) is 0.647. The third kappa shape index (κ3) is 3.43. The number of anilines is 1. The highest BCUT2D eigenvalue weighted by Gasteiger charge is 2.29. The fourth-order valence-electron chi connectivity index (χ4n) is 3.57. The molecule has 2 aliphatic rings. The number of fused-ring (bicyclic) bond motifs is 1. The van der Waals surface area contributed by atoms with E-state index in [4.69, 9.17) is 4.74 Å². The highest BCUT2D eigenvalue weighted by atomic mass is 32.1. The first kappa shape index (κ1) is 16.5. The van der Waals surface area contributed by atoms with Crippen molar-refractivity contribution in [1.29, 1.82) is 0 Å². The number of rotatable bonds is 3. The first-order valence-electron chi connectivity index (χ1n) is 8.32.